The van der Waals surface area contributed by atoms with Crippen molar-refractivity contribution in [1.29, 1.82) is 0 Å². The van der Waals surface area contributed by atoms with Crippen molar-refractivity contribution >= 4 is 17.3 Å². The van der Waals surface area contributed by atoms with E-state index in [1.807, 2.05) is 0 Å². The number of halogens is 2. The van der Waals surface area contributed by atoms with E-state index in [2.05, 4.69) is 9.98 Å². The topological polar surface area (TPSA) is 51.3 Å². The Bertz CT molecular complexity index is 427. The van der Waals surface area contributed by atoms with Crippen LogP contribution in [-0.4, -0.2) is 17.7 Å². The number of nitrogens with zero attached hydrogens (tertiary/aromatic N) is 2. The van der Waals surface area contributed by atoms with Crippen molar-refractivity contribution in [2.24, 2.45) is 10.7 Å². The summed E-state index contributed by atoms with van der Waals surface area (Å²) in [5, 5.41) is 0.220. The van der Waals surface area contributed by atoms with Gasteiger partial charge in [0.2, 0.25) is 0 Å². The highest BCUT2D eigenvalue weighted by molar-refractivity contribution is 6.30. The lowest BCUT2D eigenvalue weighted by molar-refractivity contribution is 0.619. The van der Waals surface area contributed by atoms with Crippen LogP contribution in [0.3, 0.4) is 0 Å². The standard InChI is InChI=1S/C10H11ClFN3/c1-6(4-13)10(14-2)7-3-9(11)15-5-8(7)12/h3-5H,13H2,1-2H3. The molecule has 3 nitrogen and oxygen atoms in total. The molecule has 0 aliphatic heterocycles. The summed E-state index contributed by atoms with van der Waals surface area (Å²) in [5.41, 5.74) is 6.81. The number of rotatable bonds is 2. The van der Waals surface area contributed by atoms with E-state index in [0.29, 0.717) is 16.8 Å². The minimum absolute atomic E-state index is 0.220. The lowest BCUT2D eigenvalue weighted by Crippen LogP contribution is -2.07. The minimum Gasteiger partial charge on any atom is -0.404 e. The number of allylic oxidation sites excluding steroid dienone is 1. The van der Waals surface area contributed by atoms with E-state index in [4.69, 9.17) is 17.3 Å². The second-order valence-corrected chi connectivity index (χ2v) is 3.30. The quantitative estimate of drug-likeness (QED) is 0.622. The van der Waals surface area contributed by atoms with Gasteiger partial charge in [0.15, 0.2) is 5.82 Å². The molecule has 0 spiro atoms. The molecule has 0 aromatic carbocycles. The Balaban J connectivity index is 3.31. The van der Waals surface area contributed by atoms with Crippen molar-refractivity contribution in [3.63, 3.8) is 0 Å². The SMILES string of the molecule is CN=C(C(C)=CN)c1cc(Cl)ncc1F. The van der Waals surface area contributed by atoms with Crippen LogP contribution in [-0.2, 0) is 0 Å². The van der Waals surface area contributed by atoms with Crippen LogP contribution in [0.25, 0.3) is 0 Å². The molecule has 0 radical (unpaired) electrons. The van der Waals surface area contributed by atoms with E-state index in [9.17, 15) is 4.39 Å². The summed E-state index contributed by atoms with van der Waals surface area (Å²) in [6.45, 7) is 1.75. The van der Waals surface area contributed by atoms with Crippen molar-refractivity contribution in [2.45, 2.75) is 6.92 Å². The molecule has 5 heteroatoms. The molecule has 0 atom stereocenters. The summed E-state index contributed by atoms with van der Waals surface area (Å²) >= 11 is 5.68. The van der Waals surface area contributed by atoms with Crippen molar-refractivity contribution in [3.8, 4) is 0 Å². The van der Waals surface area contributed by atoms with Crippen molar-refractivity contribution in [1.82, 2.24) is 4.98 Å². The lowest BCUT2D eigenvalue weighted by Gasteiger charge is -2.07. The predicted molar refractivity (Wildman–Crippen MR) is 59.6 cm³/mol. The summed E-state index contributed by atoms with van der Waals surface area (Å²) in [6.07, 6.45) is 2.43. The van der Waals surface area contributed by atoms with Crippen LogP contribution in [0.4, 0.5) is 4.39 Å². The minimum atomic E-state index is -0.471. The van der Waals surface area contributed by atoms with E-state index in [-0.39, 0.29) is 5.15 Å². The Labute approximate surface area is 92.5 Å². The van der Waals surface area contributed by atoms with E-state index >= 15 is 0 Å². The highest BCUT2D eigenvalue weighted by atomic mass is 35.5. The van der Waals surface area contributed by atoms with Crippen molar-refractivity contribution in [3.05, 3.63) is 40.6 Å². The first-order chi connectivity index (χ1) is 7.10. The Hall–Kier alpha value is -1.42. The summed E-state index contributed by atoms with van der Waals surface area (Å²) in [6, 6.07) is 1.42. The predicted octanol–water partition coefficient (Wildman–Crippen LogP) is 2.16. The van der Waals surface area contributed by atoms with Crippen LogP contribution in [0, 0.1) is 5.82 Å². The van der Waals surface area contributed by atoms with Gasteiger partial charge in [-0.25, -0.2) is 9.37 Å². The first-order valence-electron chi connectivity index (χ1n) is 4.27. The zero-order valence-electron chi connectivity index (χ0n) is 8.46. The van der Waals surface area contributed by atoms with E-state index in [1.165, 1.54) is 12.3 Å². The maximum atomic E-state index is 13.4. The van der Waals surface area contributed by atoms with Gasteiger partial charge in [-0.1, -0.05) is 11.6 Å². The number of pyridine rings is 1. The molecule has 0 amide bonds. The molecule has 2 N–H and O–H groups in total. The van der Waals surface area contributed by atoms with E-state index in [1.54, 1.807) is 14.0 Å². The van der Waals surface area contributed by atoms with Gasteiger partial charge >= 0.3 is 0 Å². The van der Waals surface area contributed by atoms with Crippen LogP contribution in [0.5, 0.6) is 0 Å². The molecule has 0 saturated carbocycles. The maximum absolute atomic E-state index is 13.4. The molecule has 0 aliphatic rings. The Morgan fingerprint density at radius 3 is 2.87 bits per heavy atom. The summed E-state index contributed by atoms with van der Waals surface area (Å²) in [7, 11) is 1.57. The Morgan fingerprint density at radius 2 is 2.33 bits per heavy atom. The smallest absolute Gasteiger partial charge is 0.150 e. The number of aliphatic imine (C=N–C) groups is 1. The molecular weight excluding hydrogens is 217 g/mol. The van der Waals surface area contributed by atoms with Crippen LogP contribution in [0.2, 0.25) is 5.15 Å². The fourth-order valence-corrected chi connectivity index (χ4v) is 1.34. The number of hydrogen-bond acceptors (Lipinski definition) is 3. The maximum Gasteiger partial charge on any atom is 0.150 e. The molecule has 1 rings (SSSR count). The van der Waals surface area contributed by atoms with Gasteiger partial charge in [-0.2, -0.15) is 0 Å². The normalized spacial score (nSPS) is 13.1. The van der Waals surface area contributed by atoms with Crippen LogP contribution >= 0.6 is 11.6 Å². The molecule has 0 unspecified atom stereocenters. The fourth-order valence-electron chi connectivity index (χ4n) is 1.18. The van der Waals surface area contributed by atoms with Crippen LogP contribution in [0.1, 0.15) is 12.5 Å². The zero-order valence-corrected chi connectivity index (χ0v) is 9.22. The van der Waals surface area contributed by atoms with E-state index in [0.717, 1.165) is 6.20 Å². The lowest BCUT2D eigenvalue weighted by atomic mass is 10.1. The number of aromatic nitrogens is 1. The third-order valence-electron chi connectivity index (χ3n) is 1.92. The highest BCUT2D eigenvalue weighted by Gasteiger charge is 2.11. The van der Waals surface area contributed by atoms with Crippen molar-refractivity contribution in [2.75, 3.05) is 7.05 Å². The molecule has 0 bridgehead atoms. The van der Waals surface area contributed by atoms with Crippen LogP contribution in [0.15, 0.2) is 29.0 Å². The zero-order chi connectivity index (χ0) is 11.4. The van der Waals surface area contributed by atoms with Gasteiger partial charge in [0, 0.05) is 12.6 Å². The average molecular weight is 228 g/mol. The molecule has 0 saturated heterocycles. The van der Waals surface area contributed by atoms with Gasteiger partial charge < -0.3 is 5.73 Å². The first kappa shape index (κ1) is 11.7. The molecular formula is C10H11ClFN3. The van der Waals surface area contributed by atoms with Gasteiger partial charge in [0.05, 0.1) is 11.9 Å². The largest absolute Gasteiger partial charge is 0.404 e. The molecule has 0 fully saturated rings. The average Bonchev–Trinajstić information content (AvgIpc) is 2.23. The Kier molecular flexibility index (Phi) is 3.80. The molecule has 1 heterocycles. The highest BCUT2D eigenvalue weighted by Crippen LogP contribution is 2.16. The molecule has 80 valence electrons. The second kappa shape index (κ2) is 4.89. The van der Waals surface area contributed by atoms with Gasteiger partial charge in [-0.05, 0) is 24.8 Å². The van der Waals surface area contributed by atoms with Crippen LogP contribution < -0.4 is 5.73 Å². The fraction of sp³-hybridized carbons (Fsp3) is 0.200. The Morgan fingerprint density at radius 1 is 1.67 bits per heavy atom. The summed E-state index contributed by atoms with van der Waals surface area (Å²) in [4.78, 5) is 7.60. The molecule has 1 aromatic heterocycles. The summed E-state index contributed by atoms with van der Waals surface area (Å²) in [5.74, 6) is -0.471. The second-order valence-electron chi connectivity index (χ2n) is 2.91. The van der Waals surface area contributed by atoms with Crippen molar-refractivity contribution < 1.29 is 4.39 Å². The van der Waals surface area contributed by atoms with E-state index < -0.39 is 5.82 Å². The van der Waals surface area contributed by atoms with Gasteiger partial charge in [-0.15, -0.1) is 0 Å². The summed E-state index contributed by atoms with van der Waals surface area (Å²) < 4.78 is 13.4. The number of nitrogens with two attached hydrogens (primary N) is 1. The molecule has 15 heavy (non-hydrogen) atoms. The molecule has 1 aromatic rings. The monoisotopic (exact) mass is 227 g/mol. The van der Waals surface area contributed by atoms with Gasteiger partial charge in [0.25, 0.3) is 0 Å². The third kappa shape index (κ3) is 2.53. The van der Waals surface area contributed by atoms with Gasteiger partial charge in [-0.3, -0.25) is 4.99 Å². The first-order valence-corrected chi connectivity index (χ1v) is 4.65. The molecule has 0 aliphatic carbocycles. The third-order valence-corrected chi connectivity index (χ3v) is 2.13. The van der Waals surface area contributed by atoms with Gasteiger partial charge in [0.1, 0.15) is 5.15 Å². The number of hydrogen-bond donors (Lipinski definition) is 1.